The number of carbonyl (C=O) groups excluding carboxylic acids is 1. The standard InChI is InChI=1S/C7H13NO3.2C2H6/c1-3-5(7(10)11)4-6(9)8-2;2*1-2/h5H,3-4H2,1-2H3,(H,8,9)(H,10,11);2*1-2H3. The number of rotatable bonds is 4. The van der Waals surface area contributed by atoms with Crippen LogP contribution in [0.5, 0.6) is 0 Å². The molecule has 15 heavy (non-hydrogen) atoms. The number of aliphatic carboxylic acids is 1. The van der Waals surface area contributed by atoms with Gasteiger partial charge in [-0.1, -0.05) is 34.6 Å². The molecule has 4 heteroatoms. The Morgan fingerprint density at radius 2 is 1.60 bits per heavy atom. The van der Waals surface area contributed by atoms with Crippen molar-refractivity contribution in [3.05, 3.63) is 0 Å². The summed E-state index contributed by atoms with van der Waals surface area (Å²) >= 11 is 0. The van der Waals surface area contributed by atoms with Crippen LogP contribution in [0.2, 0.25) is 0 Å². The van der Waals surface area contributed by atoms with E-state index in [0.29, 0.717) is 6.42 Å². The fraction of sp³-hybridized carbons (Fsp3) is 0.818. The van der Waals surface area contributed by atoms with E-state index in [1.54, 1.807) is 6.92 Å². The van der Waals surface area contributed by atoms with Gasteiger partial charge in [0.05, 0.1) is 5.92 Å². The van der Waals surface area contributed by atoms with Gasteiger partial charge in [-0.15, -0.1) is 0 Å². The highest BCUT2D eigenvalue weighted by Crippen LogP contribution is 2.07. The average molecular weight is 219 g/mol. The fourth-order valence-corrected chi connectivity index (χ4v) is 0.732. The van der Waals surface area contributed by atoms with Crippen LogP contribution in [0.15, 0.2) is 0 Å². The van der Waals surface area contributed by atoms with Gasteiger partial charge >= 0.3 is 5.97 Å². The van der Waals surface area contributed by atoms with Crippen molar-refractivity contribution >= 4 is 11.9 Å². The van der Waals surface area contributed by atoms with Crippen molar-refractivity contribution < 1.29 is 14.7 Å². The number of hydrogen-bond donors (Lipinski definition) is 2. The first-order valence-electron chi connectivity index (χ1n) is 5.55. The summed E-state index contributed by atoms with van der Waals surface area (Å²) in [6, 6.07) is 0. The second kappa shape index (κ2) is 15.4. The molecule has 0 rings (SSSR count). The lowest BCUT2D eigenvalue weighted by atomic mass is 10.0. The summed E-state index contributed by atoms with van der Waals surface area (Å²) in [4.78, 5) is 21.1. The third-order valence-electron chi connectivity index (χ3n) is 1.55. The van der Waals surface area contributed by atoms with Gasteiger partial charge < -0.3 is 10.4 Å². The van der Waals surface area contributed by atoms with Crippen LogP contribution in [0, 0.1) is 5.92 Å². The Kier molecular flexibility index (Phi) is 20.0. The van der Waals surface area contributed by atoms with Crippen LogP contribution in [-0.4, -0.2) is 24.0 Å². The van der Waals surface area contributed by atoms with E-state index in [9.17, 15) is 9.59 Å². The van der Waals surface area contributed by atoms with E-state index < -0.39 is 11.9 Å². The first-order valence-corrected chi connectivity index (χ1v) is 5.55. The second-order valence-corrected chi connectivity index (χ2v) is 2.32. The molecule has 0 aliphatic carbocycles. The van der Waals surface area contributed by atoms with Gasteiger partial charge in [0.15, 0.2) is 0 Å². The molecule has 0 fully saturated rings. The van der Waals surface area contributed by atoms with Gasteiger partial charge in [-0.25, -0.2) is 0 Å². The van der Waals surface area contributed by atoms with Gasteiger partial charge in [0.2, 0.25) is 5.91 Å². The molecule has 0 spiro atoms. The zero-order valence-corrected chi connectivity index (χ0v) is 10.8. The maximum absolute atomic E-state index is 10.7. The Bertz CT molecular complexity index is 158. The van der Waals surface area contributed by atoms with E-state index in [1.165, 1.54) is 7.05 Å². The van der Waals surface area contributed by atoms with Crippen LogP contribution in [0.1, 0.15) is 47.5 Å². The molecule has 2 N–H and O–H groups in total. The second-order valence-electron chi connectivity index (χ2n) is 2.32. The maximum atomic E-state index is 10.7. The van der Waals surface area contributed by atoms with Crippen molar-refractivity contribution in [2.75, 3.05) is 7.05 Å². The van der Waals surface area contributed by atoms with Crippen LogP contribution in [0.3, 0.4) is 0 Å². The van der Waals surface area contributed by atoms with Gasteiger partial charge in [0.1, 0.15) is 0 Å². The number of carboxylic acid groups (broad SMARTS) is 1. The van der Waals surface area contributed by atoms with Crippen molar-refractivity contribution in [1.82, 2.24) is 5.32 Å². The zero-order chi connectivity index (χ0) is 12.9. The lowest BCUT2D eigenvalue weighted by Crippen LogP contribution is -2.24. The molecule has 1 amide bonds. The normalized spacial score (nSPS) is 9.73. The van der Waals surface area contributed by atoms with Crippen molar-refractivity contribution in [3.8, 4) is 0 Å². The summed E-state index contributed by atoms with van der Waals surface area (Å²) in [5.74, 6) is -1.68. The molecule has 0 aromatic rings. The van der Waals surface area contributed by atoms with E-state index >= 15 is 0 Å². The molecule has 92 valence electrons. The Morgan fingerprint density at radius 3 is 1.80 bits per heavy atom. The Hall–Kier alpha value is -1.06. The van der Waals surface area contributed by atoms with Gasteiger partial charge in [-0.3, -0.25) is 9.59 Å². The van der Waals surface area contributed by atoms with Crippen molar-refractivity contribution in [2.24, 2.45) is 5.92 Å². The molecular formula is C11H25NO3. The number of nitrogens with one attached hydrogen (secondary N) is 1. The molecular weight excluding hydrogens is 194 g/mol. The van der Waals surface area contributed by atoms with E-state index in [4.69, 9.17) is 5.11 Å². The average Bonchev–Trinajstić information content (AvgIpc) is 2.30. The van der Waals surface area contributed by atoms with Crippen LogP contribution in [-0.2, 0) is 9.59 Å². The van der Waals surface area contributed by atoms with Crippen LogP contribution >= 0.6 is 0 Å². The smallest absolute Gasteiger partial charge is 0.307 e. The minimum atomic E-state index is -0.906. The lowest BCUT2D eigenvalue weighted by molar-refractivity contribution is -0.144. The summed E-state index contributed by atoms with van der Waals surface area (Å²) in [6.45, 7) is 9.75. The highest BCUT2D eigenvalue weighted by atomic mass is 16.4. The Morgan fingerprint density at radius 1 is 1.20 bits per heavy atom. The van der Waals surface area contributed by atoms with Gasteiger partial charge in [-0.05, 0) is 6.42 Å². The number of carboxylic acids is 1. The molecule has 0 radical (unpaired) electrons. The van der Waals surface area contributed by atoms with E-state index in [2.05, 4.69) is 5.32 Å². The molecule has 0 saturated carbocycles. The lowest BCUT2D eigenvalue weighted by Gasteiger charge is -2.06. The summed E-state index contributed by atoms with van der Waals surface area (Å²) in [6.07, 6.45) is 0.561. The monoisotopic (exact) mass is 219 g/mol. The van der Waals surface area contributed by atoms with Crippen LogP contribution in [0.25, 0.3) is 0 Å². The van der Waals surface area contributed by atoms with Gasteiger partial charge in [0, 0.05) is 13.5 Å². The molecule has 0 bridgehead atoms. The van der Waals surface area contributed by atoms with Gasteiger partial charge in [-0.2, -0.15) is 0 Å². The summed E-state index contributed by atoms with van der Waals surface area (Å²) in [5.41, 5.74) is 0. The topological polar surface area (TPSA) is 66.4 Å². The molecule has 0 saturated heterocycles. The van der Waals surface area contributed by atoms with E-state index in [0.717, 1.165) is 0 Å². The Labute approximate surface area is 93.1 Å². The highest BCUT2D eigenvalue weighted by molar-refractivity contribution is 5.81. The summed E-state index contributed by atoms with van der Waals surface area (Å²) in [5, 5.41) is 10.9. The third-order valence-corrected chi connectivity index (χ3v) is 1.55. The molecule has 0 aliphatic heterocycles. The third kappa shape index (κ3) is 12.9. The van der Waals surface area contributed by atoms with E-state index in [-0.39, 0.29) is 12.3 Å². The van der Waals surface area contributed by atoms with Crippen molar-refractivity contribution in [3.63, 3.8) is 0 Å². The minimum absolute atomic E-state index is 0.0718. The minimum Gasteiger partial charge on any atom is -0.481 e. The van der Waals surface area contributed by atoms with Crippen molar-refractivity contribution in [1.29, 1.82) is 0 Å². The Balaban J connectivity index is -0.000000318. The fourth-order valence-electron chi connectivity index (χ4n) is 0.732. The molecule has 4 nitrogen and oxygen atoms in total. The maximum Gasteiger partial charge on any atom is 0.307 e. The quantitative estimate of drug-likeness (QED) is 0.762. The van der Waals surface area contributed by atoms with Crippen LogP contribution < -0.4 is 5.32 Å². The number of amides is 1. The molecule has 0 aromatic heterocycles. The molecule has 0 heterocycles. The van der Waals surface area contributed by atoms with E-state index in [1.807, 2.05) is 27.7 Å². The number of carbonyl (C=O) groups is 2. The molecule has 0 aromatic carbocycles. The first-order chi connectivity index (χ1) is 7.11. The first kappa shape index (κ1) is 19.5. The van der Waals surface area contributed by atoms with Crippen LogP contribution in [0.4, 0.5) is 0 Å². The SMILES string of the molecule is CC.CC.CCC(CC(=O)NC)C(=O)O. The zero-order valence-electron chi connectivity index (χ0n) is 10.8. The number of hydrogen-bond acceptors (Lipinski definition) is 2. The van der Waals surface area contributed by atoms with Crippen molar-refractivity contribution in [2.45, 2.75) is 47.5 Å². The predicted octanol–water partition coefficient (Wildman–Crippen LogP) is 2.29. The van der Waals surface area contributed by atoms with Gasteiger partial charge in [0.25, 0.3) is 0 Å². The molecule has 1 unspecified atom stereocenters. The largest absolute Gasteiger partial charge is 0.481 e. The molecule has 1 atom stereocenters. The predicted molar refractivity (Wildman–Crippen MR) is 62.8 cm³/mol. The molecule has 0 aliphatic rings. The summed E-state index contributed by atoms with van der Waals surface area (Å²) < 4.78 is 0. The summed E-state index contributed by atoms with van der Waals surface area (Å²) in [7, 11) is 1.50. The highest BCUT2D eigenvalue weighted by Gasteiger charge is 2.17.